The zero-order valence-electron chi connectivity index (χ0n) is 9.99. The number of hydrogen-bond acceptors (Lipinski definition) is 4. The van der Waals surface area contributed by atoms with Crippen molar-refractivity contribution >= 4 is 34.7 Å². The Hall–Kier alpha value is -1.53. The Kier molecular flexibility index (Phi) is 5.85. The van der Waals surface area contributed by atoms with Gasteiger partial charge in [0, 0.05) is 18.6 Å². The highest BCUT2D eigenvalue weighted by atomic mass is 35.5. The summed E-state index contributed by atoms with van der Waals surface area (Å²) in [6.45, 7) is 0.352. The first-order valence-corrected chi connectivity index (χ1v) is 6.26. The second kappa shape index (κ2) is 7.16. The van der Waals surface area contributed by atoms with Crippen LogP contribution < -0.4 is 10.5 Å². The number of ether oxygens (including phenoxy) is 1. The number of non-ortho nitro benzene ring substituents is 1. The third-order valence-corrected chi connectivity index (χ3v) is 2.84. The van der Waals surface area contributed by atoms with Gasteiger partial charge in [-0.25, -0.2) is 0 Å². The van der Waals surface area contributed by atoms with E-state index in [1.54, 1.807) is 0 Å². The topological polar surface area (TPSA) is 102 Å². The van der Waals surface area contributed by atoms with E-state index in [-0.39, 0.29) is 27.3 Å². The normalized spacial score (nSPS) is 10.2. The van der Waals surface area contributed by atoms with E-state index in [1.165, 1.54) is 12.1 Å². The molecule has 0 radical (unpaired) electrons. The van der Waals surface area contributed by atoms with Gasteiger partial charge in [-0.05, 0) is 12.8 Å². The SMILES string of the molecule is N=C(N)CCCCOc1c(Cl)cc([N+](=O)[O-])cc1Cl. The van der Waals surface area contributed by atoms with Crippen LogP contribution in [0.5, 0.6) is 5.75 Å². The van der Waals surface area contributed by atoms with Gasteiger partial charge in [-0.3, -0.25) is 15.5 Å². The molecule has 0 aromatic heterocycles. The maximum atomic E-state index is 10.6. The minimum absolute atomic E-state index is 0.103. The Balaban J connectivity index is 2.59. The van der Waals surface area contributed by atoms with Crippen LogP contribution in [0.2, 0.25) is 10.0 Å². The number of nitrogens with zero attached hydrogens (tertiary/aromatic N) is 1. The summed E-state index contributed by atoms with van der Waals surface area (Å²) in [4.78, 5) is 10.0. The molecule has 0 fully saturated rings. The maximum Gasteiger partial charge on any atom is 0.272 e. The van der Waals surface area contributed by atoms with Gasteiger partial charge < -0.3 is 10.5 Å². The summed E-state index contributed by atoms with van der Waals surface area (Å²) in [6, 6.07) is 2.39. The number of nitrogens with two attached hydrogens (primary N) is 1. The number of nitrogens with one attached hydrogen (secondary N) is 1. The number of unbranched alkanes of at least 4 members (excludes halogenated alkanes) is 1. The van der Waals surface area contributed by atoms with Crippen molar-refractivity contribution in [3.05, 3.63) is 32.3 Å². The number of nitro groups is 1. The van der Waals surface area contributed by atoms with Crippen LogP contribution in [0.3, 0.4) is 0 Å². The largest absolute Gasteiger partial charge is 0.490 e. The highest BCUT2D eigenvalue weighted by molar-refractivity contribution is 6.37. The van der Waals surface area contributed by atoms with Gasteiger partial charge in [0.05, 0.1) is 27.4 Å². The fourth-order valence-corrected chi connectivity index (χ4v) is 1.97. The molecule has 0 spiro atoms. The summed E-state index contributed by atoms with van der Waals surface area (Å²) in [7, 11) is 0. The van der Waals surface area contributed by atoms with Crippen LogP contribution in [0.4, 0.5) is 5.69 Å². The fraction of sp³-hybridized carbons (Fsp3) is 0.364. The van der Waals surface area contributed by atoms with Crippen molar-refractivity contribution < 1.29 is 9.66 Å². The van der Waals surface area contributed by atoms with Crippen LogP contribution in [-0.4, -0.2) is 17.4 Å². The molecule has 0 aliphatic heterocycles. The molecular weight excluding hydrogens is 293 g/mol. The zero-order valence-corrected chi connectivity index (χ0v) is 11.5. The smallest absolute Gasteiger partial charge is 0.272 e. The third kappa shape index (κ3) is 4.92. The van der Waals surface area contributed by atoms with Crippen molar-refractivity contribution in [1.82, 2.24) is 0 Å². The molecule has 8 heteroatoms. The molecule has 0 unspecified atom stereocenters. The van der Waals surface area contributed by atoms with Crippen molar-refractivity contribution in [2.45, 2.75) is 19.3 Å². The first-order chi connectivity index (χ1) is 8.91. The van der Waals surface area contributed by atoms with E-state index < -0.39 is 4.92 Å². The monoisotopic (exact) mass is 305 g/mol. The van der Waals surface area contributed by atoms with E-state index >= 15 is 0 Å². The van der Waals surface area contributed by atoms with Crippen LogP contribution in [0.1, 0.15) is 19.3 Å². The molecule has 6 nitrogen and oxygen atoms in total. The van der Waals surface area contributed by atoms with E-state index in [9.17, 15) is 10.1 Å². The molecule has 0 amide bonds. The fourth-order valence-electron chi connectivity index (χ4n) is 1.38. The molecule has 0 saturated heterocycles. The summed E-state index contributed by atoms with van der Waals surface area (Å²) >= 11 is 11.7. The van der Waals surface area contributed by atoms with Gasteiger partial charge in [-0.15, -0.1) is 0 Å². The molecule has 0 atom stereocenters. The Bertz CT molecular complexity index is 471. The van der Waals surface area contributed by atoms with Gasteiger partial charge >= 0.3 is 0 Å². The molecule has 19 heavy (non-hydrogen) atoms. The Labute approximate surface area is 120 Å². The van der Waals surface area contributed by atoms with E-state index in [0.29, 0.717) is 19.4 Å². The van der Waals surface area contributed by atoms with Crippen LogP contribution in [0.15, 0.2) is 12.1 Å². The minimum atomic E-state index is -0.575. The quantitative estimate of drug-likeness (QED) is 0.265. The van der Waals surface area contributed by atoms with Crippen LogP contribution >= 0.6 is 23.2 Å². The first-order valence-electron chi connectivity index (χ1n) is 5.51. The second-order valence-electron chi connectivity index (χ2n) is 3.83. The van der Waals surface area contributed by atoms with Gasteiger partial charge in [0.1, 0.15) is 0 Å². The highest BCUT2D eigenvalue weighted by Gasteiger charge is 2.15. The standard InChI is InChI=1S/C11H13Cl2N3O3/c12-8-5-7(16(17)18)6-9(13)11(8)19-4-2-1-3-10(14)15/h5-6H,1-4H2,(H3,14,15). The van der Waals surface area contributed by atoms with Gasteiger partial charge in [-0.1, -0.05) is 23.2 Å². The lowest BCUT2D eigenvalue weighted by Gasteiger charge is -2.09. The number of nitro benzene ring substituents is 1. The zero-order chi connectivity index (χ0) is 14.4. The molecule has 3 N–H and O–H groups in total. The Morgan fingerprint density at radius 2 is 1.95 bits per heavy atom. The molecule has 1 aromatic carbocycles. The van der Waals surface area contributed by atoms with E-state index in [0.717, 1.165) is 6.42 Å². The molecule has 1 aromatic rings. The number of halogens is 2. The molecular formula is C11H13Cl2N3O3. The van der Waals surface area contributed by atoms with E-state index in [1.807, 2.05) is 0 Å². The predicted molar refractivity (Wildman–Crippen MR) is 74.4 cm³/mol. The van der Waals surface area contributed by atoms with Crippen LogP contribution in [0.25, 0.3) is 0 Å². The van der Waals surface area contributed by atoms with Crippen molar-refractivity contribution in [3.8, 4) is 5.75 Å². The van der Waals surface area contributed by atoms with Crippen molar-refractivity contribution in [2.75, 3.05) is 6.61 Å². The summed E-state index contributed by atoms with van der Waals surface area (Å²) < 4.78 is 5.39. The average Bonchev–Trinajstić information content (AvgIpc) is 2.30. The Morgan fingerprint density at radius 3 is 2.42 bits per heavy atom. The van der Waals surface area contributed by atoms with Crippen LogP contribution in [0, 0.1) is 15.5 Å². The molecule has 0 heterocycles. The average molecular weight is 306 g/mol. The van der Waals surface area contributed by atoms with E-state index in [2.05, 4.69) is 0 Å². The molecule has 0 saturated carbocycles. The summed E-state index contributed by atoms with van der Waals surface area (Å²) in [5.74, 6) is 0.364. The van der Waals surface area contributed by atoms with Gasteiger partial charge in [-0.2, -0.15) is 0 Å². The third-order valence-electron chi connectivity index (χ3n) is 2.28. The van der Waals surface area contributed by atoms with Crippen molar-refractivity contribution in [2.24, 2.45) is 5.73 Å². The molecule has 0 aliphatic carbocycles. The number of rotatable bonds is 7. The van der Waals surface area contributed by atoms with Gasteiger partial charge in [0.2, 0.25) is 0 Å². The van der Waals surface area contributed by atoms with Gasteiger partial charge in [0.25, 0.3) is 5.69 Å². The summed E-state index contributed by atoms with van der Waals surface area (Å²) in [5, 5.41) is 17.9. The lowest BCUT2D eigenvalue weighted by Crippen LogP contribution is -2.09. The van der Waals surface area contributed by atoms with Crippen molar-refractivity contribution in [3.63, 3.8) is 0 Å². The van der Waals surface area contributed by atoms with Gasteiger partial charge in [0.15, 0.2) is 5.75 Å². The molecule has 104 valence electrons. The predicted octanol–water partition coefficient (Wildman–Crippen LogP) is 3.39. The number of amidine groups is 1. The minimum Gasteiger partial charge on any atom is -0.490 e. The maximum absolute atomic E-state index is 10.6. The number of hydrogen-bond donors (Lipinski definition) is 2. The summed E-state index contributed by atoms with van der Waals surface area (Å²) in [6.07, 6.45) is 1.91. The number of benzene rings is 1. The Morgan fingerprint density at radius 1 is 1.37 bits per heavy atom. The first kappa shape index (κ1) is 15.5. The van der Waals surface area contributed by atoms with Crippen molar-refractivity contribution in [1.29, 1.82) is 5.41 Å². The molecule has 0 aliphatic rings. The van der Waals surface area contributed by atoms with E-state index in [4.69, 9.17) is 39.1 Å². The highest BCUT2D eigenvalue weighted by Crippen LogP contribution is 2.36. The molecule has 1 rings (SSSR count). The summed E-state index contributed by atoms with van der Waals surface area (Å²) in [5.41, 5.74) is 5.03. The molecule has 0 bridgehead atoms. The van der Waals surface area contributed by atoms with Crippen LogP contribution in [-0.2, 0) is 0 Å². The lowest BCUT2D eigenvalue weighted by atomic mass is 10.2. The lowest BCUT2D eigenvalue weighted by molar-refractivity contribution is -0.384. The second-order valence-corrected chi connectivity index (χ2v) is 4.64.